The number of anilines is 1. The van der Waals surface area contributed by atoms with Gasteiger partial charge in [-0.3, -0.25) is 4.79 Å². The molecule has 0 saturated heterocycles. The molecular weight excluding hydrogens is 332 g/mol. The molecule has 0 aliphatic carbocycles. The van der Waals surface area contributed by atoms with Gasteiger partial charge in [-0.05, 0) is 55.4 Å². The summed E-state index contributed by atoms with van der Waals surface area (Å²) in [7, 11) is 1.91. The van der Waals surface area contributed by atoms with Crippen LogP contribution in [0.5, 0.6) is 0 Å². The number of aromatic nitrogens is 3. The van der Waals surface area contributed by atoms with Gasteiger partial charge in [0.15, 0.2) is 5.16 Å². The minimum Gasteiger partial charge on any atom is -0.325 e. The van der Waals surface area contributed by atoms with E-state index in [4.69, 9.17) is 0 Å². The van der Waals surface area contributed by atoms with Crippen LogP contribution < -0.4 is 5.32 Å². The molecule has 1 aromatic heterocycles. The average Bonchev–Trinajstić information content (AvgIpc) is 3.02. The SMILES string of the molecule is Cn1cnnc1Sc1ccc(NC(=O)C(C)(C)c2ccccc2)cc1. The molecule has 0 fully saturated rings. The van der Waals surface area contributed by atoms with E-state index in [1.54, 1.807) is 6.33 Å². The Morgan fingerprint density at radius 3 is 2.36 bits per heavy atom. The molecule has 0 bridgehead atoms. The van der Waals surface area contributed by atoms with Crippen LogP contribution in [-0.4, -0.2) is 20.7 Å². The fraction of sp³-hybridized carbons (Fsp3) is 0.211. The molecule has 128 valence electrons. The molecule has 25 heavy (non-hydrogen) atoms. The van der Waals surface area contributed by atoms with Crippen LogP contribution in [0.3, 0.4) is 0 Å². The second-order valence-corrected chi connectivity index (χ2v) is 7.34. The predicted molar refractivity (Wildman–Crippen MR) is 99.7 cm³/mol. The molecule has 0 radical (unpaired) electrons. The third-order valence-corrected chi connectivity index (χ3v) is 5.11. The summed E-state index contributed by atoms with van der Waals surface area (Å²) < 4.78 is 1.86. The van der Waals surface area contributed by atoms with Gasteiger partial charge >= 0.3 is 0 Å². The van der Waals surface area contributed by atoms with Crippen molar-refractivity contribution >= 4 is 23.4 Å². The number of rotatable bonds is 5. The maximum absolute atomic E-state index is 12.7. The fourth-order valence-corrected chi connectivity index (χ4v) is 3.11. The highest BCUT2D eigenvalue weighted by molar-refractivity contribution is 7.99. The maximum atomic E-state index is 12.7. The van der Waals surface area contributed by atoms with E-state index in [2.05, 4.69) is 15.5 Å². The summed E-state index contributed by atoms with van der Waals surface area (Å²) in [6.07, 6.45) is 1.67. The third-order valence-electron chi connectivity index (χ3n) is 4.05. The van der Waals surface area contributed by atoms with Gasteiger partial charge in [0.2, 0.25) is 5.91 Å². The van der Waals surface area contributed by atoms with Crippen molar-refractivity contribution in [2.24, 2.45) is 7.05 Å². The van der Waals surface area contributed by atoms with Crippen LogP contribution in [0.2, 0.25) is 0 Å². The van der Waals surface area contributed by atoms with Gasteiger partial charge in [-0.15, -0.1) is 10.2 Å². The quantitative estimate of drug-likeness (QED) is 0.757. The molecular formula is C19H20N4OS. The summed E-state index contributed by atoms with van der Waals surface area (Å²) >= 11 is 1.53. The fourth-order valence-electron chi connectivity index (χ4n) is 2.35. The van der Waals surface area contributed by atoms with Gasteiger partial charge in [-0.2, -0.15) is 0 Å². The average molecular weight is 352 g/mol. The molecule has 2 aromatic carbocycles. The first-order chi connectivity index (χ1) is 12.0. The molecule has 1 N–H and O–H groups in total. The van der Waals surface area contributed by atoms with Crippen LogP contribution in [0.1, 0.15) is 19.4 Å². The van der Waals surface area contributed by atoms with Crippen LogP contribution in [0.4, 0.5) is 5.69 Å². The first kappa shape index (κ1) is 17.2. The number of hydrogen-bond acceptors (Lipinski definition) is 4. The van der Waals surface area contributed by atoms with Crippen LogP contribution in [0, 0.1) is 0 Å². The molecule has 5 nitrogen and oxygen atoms in total. The highest BCUT2D eigenvalue weighted by Gasteiger charge is 2.29. The van der Waals surface area contributed by atoms with E-state index in [0.717, 1.165) is 21.3 Å². The molecule has 3 rings (SSSR count). The zero-order valence-electron chi connectivity index (χ0n) is 14.4. The van der Waals surface area contributed by atoms with Crippen molar-refractivity contribution in [3.63, 3.8) is 0 Å². The normalized spacial score (nSPS) is 11.3. The van der Waals surface area contributed by atoms with E-state index in [9.17, 15) is 4.79 Å². The lowest BCUT2D eigenvalue weighted by Gasteiger charge is -2.24. The number of amides is 1. The number of carbonyl (C=O) groups is 1. The van der Waals surface area contributed by atoms with Gasteiger partial charge in [0, 0.05) is 17.6 Å². The Kier molecular flexibility index (Phi) is 4.90. The van der Waals surface area contributed by atoms with Crippen molar-refractivity contribution in [2.75, 3.05) is 5.32 Å². The lowest BCUT2D eigenvalue weighted by atomic mass is 9.83. The zero-order chi connectivity index (χ0) is 17.9. The van der Waals surface area contributed by atoms with Gasteiger partial charge in [0.25, 0.3) is 0 Å². The van der Waals surface area contributed by atoms with Crippen LogP contribution in [0.15, 0.2) is 71.0 Å². The molecule has 0 atom stereocenters. The summed E-state index contributed by atoms with van der Waals surface area (Å²) in [5.41, 5.74) is 1.16. The highest BCUT2D eigenvalue weighted by Crippen LogP contribution is 2.28. The Morgan fingerprint density at radius 1 is 1.08 bits per heavy atom. The standard InChI is InChI=1S/C19H20N4OS/c1-19(2,14-7-5-4-6-8-14)17(24)21-15-9-11-16(12-10-15)25-18-22-20-13-23(18)3/h4-13H,1-3H3,(H,21,24). The summed E-state index contributed by atoms with van der Waals surface area (Å²) in [5, 5.41) is 11.7. The lowest BCUT2D eigenvalue weighted by molar-refractivity contribution is -0.120. The van der Waals surface area contributed by atoms with Crippen molar-refractivity contribution in [1.82, 2.24) is 14.8 Å². The van der Waals surface area contributed by atoms with Gasteiger partial charge in [0.05, 0.1) is 5.41 Å². The molecule has 1 heterocycles. The maximum Gasteiger partial charge on any atom is 0.234 e. The summed E-state index contributed by atoms with van der Waals surface area (Å²) in [5.74, 6) is -0.0348. The Balaban J connectivity index is 1.69. The van der Waals surface area contributed by atoms with Gasteiger partial charge in [-0.1, -0.05) is 30.3 Å². The molecule has 0 aliphatic heterocycles. The van der Waals surface area contributed by atoms with E-state index in [-0.39, 0.29) is 5.91 Å². The summed E-state index contributed by atoms with van der Waals surface area (Å²) in [4.78, 5) is 13.7. The number of nitrogens with one attached hydrogen (secondary N) is 1. The molecule has 1 amide bonds. The first-order valence-electron chi connectivity index (χ1n) is 7.96. The van der Waals surface area contributed by atoms with Gasteiger partial charge in [-0.25, -0.2) is 0 Å². The monoisotopic (exact) mass is 352 g/mol. The first-order valence-corrected chi connectivity index (χ1v) is 8.77. The summed E-state index contributed by atoms with van der Waals surface area (Å²) in [6.45, 7) is 3.85. The number of carbonyl (C=O) groups excluding carboxylic acids is 1. The number of aryl methyl sites for hydroxylation is 1. The smallest absolute Gasteiger partial charge is 0.234 e. The van der Waals surface area contributed by atoms with Crippen molar-refractivity contribution in [2.45, 2.75) is 29.3 Å². The minimum absolute atomic E-state index is 0.0348. The second-order valence-electron chi connectivity index (χ2n) is 6.30. The van der Waals surface area contributed by atoms with Crippen LogP contribution >= 0.6 is 11.8 Å². The van der Waals surface area contributed by atoms with E-state index in [1.165, 1.54) is 11.8 Å². The Bertz CT molecular complexity index is 857. The number of nitrogens with zero attached hydrogens (tertiary/aromatic N) is 3. The number of benzene rings is 2. The van der Waals surface area contributed by atoms with Gasteiger partial charge in [0.1, 0.15) is 6.33 Å². The van der Waals surface area contributed by atoms with E-state index in [1.807, 2.05) is 80.1 Å². The zero-order valence-corrected chi connectivity index (χ0v) is 15.2. The molecule has 0 spiro atoms. The molecule has 0 unspecified atom stereocenters. The van der Waals surface area contributed by atoms with E-state index >= 15 is 0 Å². The highest BCUT2D eigenvalue weighted by atomic mass is 32.2. The van der Waals surface area contributed by atoms with E-state index < -0.39 is 5.41 Å². The van der Waals surface area contributed by atoms with Crippen molar-refractivity contribution < 1.29 is 4.79 Å². The third kappa shape index (κ3) is 3.91. The van der Waals surface area contributed by atoms with Crippen LogP contribution in [-0.2, 0) is 17.3 Å². The molecule has 3 aromatic rings. The molecule has 0 aliphatic rings. The Hall–Kier alpha value is -2.60. The van der Waals surface area contributed by atoms with Gasteiger partial charge < -0.3 is 9.88 Å². The molecule has 6 heteroatoms. The number of hydrogen-bond donors (Lipinski definition) is 1. The second kappa shape index (κ2) is 7.11. The van der Waals surface area contributed by atoms with Crippen LogP contribution in [0.25, 0.3) is 0 Å². The Labute approximate surface area is 151 Å². The molecule has 0 saturated carbocycles. The topological polar surface area (TPSA) is 59.8 Å². The van der Waals surface area contributed by atoms with E-state index in [0.29, 0.717) is 0 Å². The Morgan fingerprint density at radius 2 is 1.76 bits per heavy atom. The predicted octanol–water partition coefficient (Wildman–Crippen LogP) is 3.88. The summed E-state index contributed by atoms with van der Waals surface area (Å²) in [6, 6.07) is 17.5. The van der Waals surface area contributed by atoms with Crippen molar-refractivity contribution in [1.29, 1.82) is 0 Å². The minimum atomic E-state index is -0.604. The largest absolute Gasteiger partial charge is 0.325 e. The lowest BCUT2D eigenvalue weighted by Crippen LogP contribution is -2.34. The van der Waals surface area contributed by atoms with Crippen molar-refractivity contribution in [3.8, 4) is 0 Å². The van der Waals surface area contributed by atoms with Crippen molar-refractivity contribution in [3.05, 3.63) is 66.5 Å².